The van der Waals surface area contributed by atoms with E-state index in [2.05, 4.69) is 18.4 Å². The van der Waals surface area contributed by atoms with Crippen LogP contribution in [0.2, 0.25) is 0 Å². The van der Waals surface area contributed by atoms with Crippen molar-refractivity contribution < 1.29 is 0 Å². The molecule has 1 heterocycles. The van der Waals surface area contributed by atoms with Gasteiger partial charge in [0.05, 0.1) is 0 Å². The van der Waals surface area contributed by atoms with Crippen LogP contribution < -0.4 is 5.73 Å². The molecule has 0 aliphatic heterocycles. The van der Waals surface area contributed by atoms with E-state index in [-0.39, 0.29) is 0 Å². The lowest BCUT2D eigenvalue weighted by atomic mass is 10.0. The van der Waals surface area contributed by atoms with Crippen molar-refractivity contribution in [2.45, 2.75) is 26.2 Å². The molecule has 1 aromatic heterocycles. The summed E-state index contributed by atoms with van der Waals surface area (Å²) in [6.07, 6.45) is 3.88. The van der Waals surface area contributed by atoms with Crippen LogP contribution in [-0.2, 0) is 6.42 Å². The molecule has 0 radical (unpaired) electrons. The Morgan fingerprint density at radius 3 is 2.75 bits per heavy atom. The quantitative estimate of drug-likeness (QED) is 0.761. The molecule has 0 saturated heterocycles. The summed E-state index contributed by atoms with van der Waals surface area (Å²) in [7, 11) is 0. The first-order valence-corrected chi connectivity index (χ1v) is 5.36. The van der Waals surface area contributed by atoms with Gasteiger partial charge in [-0.25, -0.2) is 0 Å². The summed E-state index contributed by atoms with van der Waals surface area (Å²) < 4.78 is 0. The predicted octanol–water partition coefficient (Wildman–Crippen LogP) is 2.34. The lowest BCUT2D eigenvalue weighted by molar-refractivity contribution is 0.525. The third-order valence-corrected chi connectivity index (χ3v) is 3.78. The topological polar surface area (TPSA) is 26.0 Å². The van der Waals surface area contributed by atoms with Crippen molar-refractivity contribution >= 4 is 11.3 Å². The van der Waals surface area contributed by atoms with E-state index in [9.17, 15) is 0 Å². The standard InChI is InChI=1S/C10H15NS/c1-8-4-9(12-6-8)5-10(7-11)2-3-10/h4,6H,2-3,5,7,11H2,1H3. The Morgan fingerprint density at radius 1 is 1.58 bits per heavy atom. The molecule has 2 rings (SSSR count). The fraction of sp³-hybridized carbons (Fsp3) is 0.600. The van der Waals surface area contributed by atoms with Gasteiger partial charge < -0.3 is 5.73 Å². The number of rotatable bonds is 3. The minimum Gasteiger partial charge on any atom is -0.330 e. The van der Waals surface area contributed by atoms with Gasteiger partial charge in [-0.15, -0.1) is 11.3 Å². The van der Waals surface area contributed by atoms with Crippen LogP contribution in [0, 0.1) is 12.3 Å². The molecule has 1 fully saturated rings. The average molecular weight is 181 g/mol. The Hall–Kier alpha value is -0.340. The molecule has 1 aromatic rings. The second-order valence-corrected chi connectivity index (χ2v) is 4.97. The highest BCUT2D eigenvalue weighted by molar-refractivity contribution is 7.10. The van der Waals surface area contributed by atoms with Crippen LogP contribution in [-0.4, -0.2) is 6.54 Å². The predicted molar refractivity (Wildman–Crippen MR) is 53.5 cm³/mol. The minimum atomic E-state index is 0.497. The van der Waals surface area contributed by atoms with Crippen molar-refractivity contribution in [1.29, 1.82) is 0 Å². The van der Waals surface area contributed by atoms with Crippen LogP contribution in [0.15, 0.2) is 11.4 Å². The highest BCUT2D eigenvalue weighted by Gasteiger charge is 2.41. The molecule has 1 aliphatic rings. The summed E-state index contributed by atoms with van der Waals surface area (Å²) >= 11 is 1.88. The van der Waals surface area contributed by atoms with Crippen LogP contribution in [0.3, 0.4) is 0 Å². The smallest absolute Gasteiger partial charge is 0.00539 e. The van der Waals surface area contributed by atoms with E-state index >= 15 is 0 Å². The number of thiophene rings is 1. The first kappa shape index (κ1) is 8.27. The largest absolute Gasteiger partial charge is 0.330 e. The molecule has 0 spiro atoms. The first-order chi connectivity index (χ1) is 5.74. The molecule has 0 unspecified atom stereocenters. The SMILES string of the molecule is Cc1csc(CC2(CN)CC2)c1. The van der Waals surface area contributed by atoms with E-state index < -0.39 is 0 Å². The van der Waals surface area contributed by atoms with Crippen LogP contribution in [0.25, 0.3) is 0 Å². The lowest BCUT2D eigenvalue weighted by Gasteiger charge is -2.09. The van der Waals surface area contributed by atoms with Gasteiger partial charge in [-0.1, -0.05) is 0 Å². The molecule has 2 N–H and O–H groups in total. The molecule has 0 amide bonds. The summed E-state index contributed by atoms with van der Waals surface area (Å²) in [4.78, 5) is 1.51. The number of aryl methyl sites for hydroxylation is 1. The van der Waals surface area contributed by atoms with Gasteiger partial charge in [0, 0.05) is 4.88 Å². The van der Waals surface area contributed by atoms with Gasteiger partial charge in [0.2, 0.25) is 0 Å². The number of hydrogen-bond donors (Lipinski definition) is 1. The van der Waals surface area contributed by atoms with Crippen LogP contribution in [0.5, 0.6) is 0 Å². The van der Waals surface area contributed by atoms with Gasteiger partial charge >= 0.3 is 0 Å². The van der Waals surface area contributed by atoms with Gasteiger partial charge in [-0.2, -0.15) is 0 Å². The summed E-state index contributed by atoms with van der Waals surface area (Å²) in [6, 6.07) is 2.29. The average Bonchev–Trinajstić information content (AvgIpc) is 2.71. The van der Waals surface area contributed by atoms with Crippen molar-refractivity contribution in [2.75, 3.05) is 6.54 Å². The Balaban J connectivity index is 2.04. The molecule has 0 aromatic carbocycles. The highest BCUT2D eigenvalue weighted by Crippen LogP contribution is 2.47. The molecular formula is C10H15NS. The van der Waals surface area contributed by atoms with E-state index in [0.29, 0.717) is 5.41 Å². The highest BCUT2D eigenvalue weighted by atomic mass is 32.1. The van der Waals surface area contributed by atoms with E-state index in [4.69, 9.17) is 5.73 Å². The van der Waals surface area contributed by atoms with Crippen molar-refractivity contribution in [1.82, 2.24) is 0 Å². The van der Waals surface area contributed by atoms with Gasteiger partial charge in [0.25, 0.3) is 0 Å². The second kappa shape index (κ2) is 2.86. The van der Waals surface area contributed by atoms with Crippen LogP contribution in [0.4, 0.5) is 0 Å². The Labute approximate surface area is 77.6 Å². The Kier molecular flexibility index (Phi) is 1.97. The molecule has 1 saturated carbocycles. The third-order valence-electron chi connectivity index (χ3n) is 2.72. The molecule has 66 valence electrons. The molecule has 1 aliphatic carbocycles. The summed E-state index contributed by atoms with van der Waals surface area (Å²) in [5.74, 6) is 0. The van der Waals surface area contributed by atoms with E-state index in [1.807, 2.05) is 11.3 Å². The van der Waals surface area contributed by atoms with E-state index in [0.717, 1.165) is 6.54 Å². The molecule has 12 heavy (non-hydrogen) atoms. The molecule has 0 atom stereocenters. The lowest BCUT2D eigenvalue weighted by Crippen LogP contribution is -2.17. The van der Waals surface area contributed by atoms with Crippen LogP contribution >= 0.6 is 11.3 Å². The van der Waals surface area contributed by atoms with Gasteiger partial charge in [0.1, 0.15) is 0 Å². The van der Waals surface area contributed by atoms with E-state index in [1.54, 1.807) is 0 Å². The fourth-order valence-electron chi connectivity index (χ4n) is 1.58. The molecule has 2 heteroatoms. The maximum Gasteiger partial charge on any atom is 0.00539 e. The van der Waals surface area contributed by atoms with Crippen molar-refractivity contribution in [3.05, 3.63) is 21.9 Å². The van der Waals surface area contributed by atoms with Crippen molar-refractivity contribution in [3.63, 3.8) is 0 Å². The maximum absolute atomic E-state index is 5.73. The van der Waals surface area contributed by atoms with Crippen molar-refractivity contribution in [2.24, 2.45) is 11.1 Å². The normalized spacial score (nSPS) is 19.5. The number of nitrogens with two attached hydrogens (primary N) is 1. The zero-order valence-corrected chi connectivity index (χ0v) is 8.29. The maximum atomic E-state index is 5.73. The van der Waals surface area contributed by atoms with Crippen molar-refractivity contribution in [3.8, 4) is 0 Å². The molecule has 0 bridgehead atoms. The summed E-state index contributed by atoms with van der Waals surface area (Å²) in [5.41, 5.74) is 7.62. The number of hydrogen-bond acceptors (Lipinski definition) is 2. The molecular weight excluding hydrogens is 166 g/mol. The zero-order valence-electron chi connectivity index (χ0n) is 7.47. The summed E-state index contributed by atoms with van der Waals surface area (Å²) in [5, 5.41) is 2.22. The Morgan fingerprint density at radius 2 is 2.33 bits per heavy atom. The summed E-state index contributed by atoms with van der Waals surface area (Å²) in [6.45, 7) is 3.02. The monoisotopic (exact) mass is 181 g/mol. The minimum absolute atomic E-state index is 0.497. The van der Waals surface area contributed by atoms with Gasteiger partial charge in [-0.05, 0) is 55.2 Å². The van der Waals surface area contributed by atoms with Crippen LogP contribution in [0.1, 0.15) is 23.3 Å². The van der Waals surface area contributed by atoms with Gasteiger partial charge in [-0.3, -0.25) is 0 Å². The molecule has 1 nitrogen and oxygen atoms in total. The third kappa shape index (κ3) is 1.54. The Bertz CT molecular complexity index is 273. The fourth-order valence-corrected chi connectivity index (χ4v) is 2.63. The zero-order chi connectivity index (χ0) is 8.60. The second-order valence-electron chi connectivity index (χ2n) is 3.97. The van der Waals surface area contributed by atoms with E-state index in [1.165, 1.54) is 29.7 Å². The van der Waals surface area contributed by atoms with Gasteiger partial charge in [0.15, 0.2) is 0 Å². The first-order valence-electron chi connectivity index (χ1n) is 4.48.